The van der Waals surface area contributed by atoms with Gasteiger partial charge in [0.05, 0.1) is 42.4 Å². The Balaban J connectivity index is 1.04. The van der Waals surface area contributed by atoms with E-state index in [9.17, 15) is 42.3 Å². The third-order valence-corrected chi connectivity index (χ3v) is 14.4. The van der Waals surface area contributed by atoms with Crippen LogP contribution in [0.15, 0.2) is 89.4 Å². The number of carbonyl (C=O) groups is 6. The van der Waals surface area contributed by atoms with Gasteiger partial charge in [0.15, 0.2) is 0 Å². The third-order valence-electron chi connectivity index (χ3n) is 13.0. The maximum absolute atomic E-state index is 13.3. The second kappa shape index (κ2) is 27.5. The van der Waals surface area contributed by atoms with Gasteiger partial charge in [0.2, 0.25) is 23.6 Å². The monoisotopic (exact) mass is 1020 g/mol. The molecule has 1 spiro atoms. The van der Waals surface area contributed by atoms with Crippen LogP contribution in [0.3, 0.4) is 0 Å². The number of hydrogen-bond acceptors (Lipinski definition) is 14. The molecule has 3 heterocycles. The Kier molecular flexibility index (Phi) is 21.9. The lowest BCUT2D eigenvalue weighted by atomic mass is 9.86. The summed E-state index contributed by atoms with van der Waals surface area (Å²) < 4.78 is 51.7. The van der Waals surface area contributed by atoms with Crippen molar-refractivity contribution in [3.63, 3.8) is 0 Å². The second-order valence-electron chi connectivity index (χ2n) is 19.1. The van der Waals surface area contributed by atoms with Crippen LogP contribution in [0.4, 0.5) is 5.69 Å². The van der Waals surface area contributed by atoms with Crippen LogP contribution in [0.1, 0.15) is 110 Å². The van der Waals surface area contributed by atoms with Crippen molar-refractivity contribution in [3.8, 4) is 0 Å². The largest absolute Gasteiger partial charge is 0.459 e. The van der Waals surface area contributed by atoms with Gasteiger partial charge in [-0.25, -0.2) is 13.1 Å². The number of ether oxygens (including phenoxy) is 4. The molecule has 3 aliphatic heterocycles. The van der Waals surface area contributed by atoms with E-state index in [0.717, 1.165) is 30.4 Å². The highest BCUT2D eigenvalue weighted by Crippen LogP contribution is 2.43. The third kappa shape index (κ3) is 18.5. The van der Waals surface area contributed by atoms with Crippen molar-refractivity contribution >= 4 is 51.1 Å². The number of anilines is 1. The van der Waals surface area contributed by atoms with Crippen LogP contribution in [0.2, 0.25) is 0 Å². The number of esters is 1. The van der Waals surface area contributed by atoms with Crippen LogP contribution in [0.25, 0.3) is 0 Å². The number of para-hydroxylation sites is 1. The van der Waals surface area contributed by atoms with E-state index in [0.29, 0.717) is 56.5 Å². The number of nitrogens with two attached hydrogens (primary N) is 1. The first-order valence-corrected chi connectivity index (χ1v) is 26.4. The molecule has 3 fully saturated rings. The second-order valence-corrected chi connectivity index (χ2v) is 20.8. The predicted octanol–water partition coefficient (Wildman–Crippen LogP) is 4.58. The van der Waals surface area contributed by atoms with Gasteiger partial charge in [0, 0.05) is 50.8 Å². The Bertz CT molecular complexity index is 2400. The maximum Gasteiger partial charge on any atom is 0.303 e. The predicted molar refractivity (Wildman–Crippen MR) is 270 cm³/mol. The molecule has 9 atom stereocenters. The zero-order valence-corrected chi connectivity index (χ0v) is 42.9. The molecular weight excluding hydrogens is 947 g/mol. The number of Topliss-reactive ketones (excluding diaryl/α,β-unsaturated/α-hetero) is 1. The van der Waals surface area contributed by atoms with Crippen LogP contribution in [-0.4, -0.2) is 117 Å². The number of aliphatic hydroxyl groups excluding tert-OH is 1. The Morgan fingerprint density at radius 1 is 0.917 bits per heavy atom. The summed E-state index contributed by atoms with van der Waals surface area (Å²) in [6.07, 6.45) is 10.7. The first-order chi connectivity index (χ1) is 34.2. The Labute approximate surface area is 423 Å². The number of epoxide rings is 1. The van der Waals surface area contributed by atoms with Gasteiger partial charge in [-0.1, -0.05) is 67.5 Å². The molecule has 19 heteroatoms. The number of aryl methyl sites for hydroxylation is 2. The molecule has 3 aliphatic rings. The van der Waals surface area contributed by atoms with Gasteiger partial charge in [-0.05, 0) is 107 Å². The van der Waals surface area contributed by atoms with E-state index in [1.807, 2.05) is 19.9 Å². The number of unbranched alkanes of at least 4 members (excludes halogenated alkanes) is 2. The number of sulfonamides is 1. The quantitative estimate of drug-likeness (QED) is 0.0248. The molecule has 72 heavy (non-hydrogen) atoms. The molecule has 0 unspecified atom stereocenters. The molecule has 7 N–H and O–H groups in total. The van der Waals surface area contributed by atoms with Crippen LogP contribution in [0.5, 0.6) is 0 Å². The molecule has 5 rings (SSSR count). The van der Waals surface area contributed by atoms with E-state index in [2.05, 4.69) is 33.7 Å². The summed E-state index contributed by atoms with van der Waals surface area (Å²) in [5, 5.41) is 19.5. The van der Waals surface area contributed by atoms with Crippen molar-refractivity contribution in [2.75, 3.05) is 25.0 Å². The number of allylic oxidation sites excluding steroid dienone is 2. The fourth-order valence-electron chi connectivity index (χ4n) is 8.80. The van der Waals surface area contributed by atoms with E-state index in [-0.39, 0.29) is 78.9 Å². The molecule has 0 saturated carbocycles. The SMILES string of the molecule is CC(=O)O[C@@H](C)/C=C\C(=O)N[C@@H]1C[C@H](C)[C@H](C/C=C(C)/C=C/[C@H]2O[C@H](CC(=O)CCc3ccc(S(=O)(=O)NC(=O)CCc4ccccc4NC(=O)CNC(=O)CCCCCN)cc3)C[C@@]3(CO3)[C@@H]2O)O[C@@H]1C. The molecule has 0 aliphatic carbocycles. The van der Waals surface area contributed by atoms with Crippen molar-refractivity contribution in [2.45, 2.75) is 165 Å². The lowest BCUT2D eigenvalue weighted by Gasteiger charge is -2.39. The molecule has 0 radical (unpaired) electrons. The molecule has 2 aromatic rings. The molecule has 0 bridgehead atoms. The molecule has 2 aromatic carbocycles. The van der Waals surface area contributed by atoms with Gasteiger partial charge < -0.3 is 45.7 Å². The normalized spacial score (nSPS) is 24.7. The Hall–Kier alpha value is -5.57. The first kappa shape index (κ1) is 57.3. The molecular formula is C53H73N5O13S. The molecule has 3 saturated heterocycles. The van der Waals surface area contributed by atoms with Crippen LogP contribution < -0.4 is 26.4 Å². The minimum atomic E-state index is -4.20. The average molecular weight is 1020 g/mol. The van der Waals surface area contributed by atoms with E-state index in [1.54, 1.807) is 49.4 Å². The zero-order valence-electron chi connectivity index (χ0n) is 42.1. The highest BCUT2D eigenvalue weighted by molar-refractivity contribution is 7.90. The van der Waals surface area contributed by atoms with E-state index >= 15 is 0 Å². The summed E-state index contributed by atoms with van der Waals surface area (Å²) in [6, 6.07) is 12.6. The maximum atomic E-state index is 13.3. The van der Waals surface area contributed by atoms with Gasteiger partial charge >= 0.3 is 5.97 Å². The highest BCUT2D eigenvalue weighted by atomic mass is 32.2. The minimum absolute atomic E-state index is 0.0597. The van der Waals surface area contributed by atoms with Crippen molar-refractivity contribution in [3.05, 3.63) is 95.6 Å². The summed E-state index contributed by atoms with van der Waals surface area (Å²) in [4.78, 5) is 74.3. The average Bonchev–Trinajstić information content (AvgIpc) is 4.11. The lowest BCUT2D eigenvalue weighted by molar-refractivity contribution is -0.144. The summed E-state index contributed by atoms with van der Waals surface area (Å²) in [7, 11) is -4.20. The number of aliphatic hydroxyl groups is 1. The van der Waals surface area contributed by atoms with Gasteiger partial charge in [-0.2, -0.15) is 0 Å². The molecule has 394 valence electrons. The summed E-state index contributed by atoms with van der Waals surface area (Å²) in [6.45, 7) is 9.67. The number of ketones is 1. The smallest absolute Gasteiger partial charge is 0.303 e. The van der Waals surface area contributed by atoms with Crippen LogP contribution >= 0.6 is 0 Å². The van der Waals surface area contributed by atoms with Crippen LogP contribution in [0, 0.1) is 5.92 Å². The standard InChI is InChI=1S/C53H73N5O13S/c1-34(14-24-46-35(2)29-45(37(4)70-46)57-49(62)26-16-36(3)69-38(5)59)15-25-47-52(65)53(33-68-53)31-42(71-47)30-41(60)21-17-39-18-22-43(23-19-39)72(66,67)58-50(63)27-20-40-11-8-9-12-44(40)56-51(64)32-55-48(61)13-7-6-10-28-54/h8-9,11-12,14-16,18-19,22-23,25-26,35-37,42,45-47,52,65H,6-7,10,13,17,20-21,24,27-33,54H2,1-5H3,(H,55,61)(H,56,64)(H,57,62)(H,58,63)/b25-15+,26-16-,34-14+/t35-,36-,37+,42+,45+,46-,47+,52+,53+/m0/s1. The topological polar surface area (TPSA) is 271 Å². The molecule has 0 aromatic heterocycles. The molecule has 18 nitrogen and oxygen atoms in total. The van der Waals surface area contributed by atoms with E-state index < -0.39 is 57.8 Å². The fraction of sp³-hybridized carbons (Fsp3) is 0.547. The minimum Gasteiger partial charge on any atom is -0.459 e. The van der Waals surface area contributed by atoms with Crippen LogP contribution in [-0.2, 0) is 70.6 Å². The number of benzene rings is 2. The summed E-state index contributed by atoms with van der Waals surface area (Å²) in [5.41, 5.74) is 7.43. The summed E-state index contributed by atoms with van der Waals surface area (Å²) >= 11 is 0. The van der Waals surface area contributed by atoms with Crippen molar-refractivity contribution < 1.29 is 61.2 Å². The van der Waals surface area contributed by atoms with Gasteiger partial charge in [-0.15, -0.1) is 0 Å². The first-order valence-electron chi connectivity index (χ1n) is 24.9. The van der Waals surface area contributed by atoms with Crippen molar-refractivity contribution in [2.24, 2.45) is 11.7 Å². The number of rotatable bonds is 26. The highest BCUT2D eigenvalue weighted by Gasteiger charge is 2.58. The lowest BCUT2D eigenvalue weighted by Crippen LogP contribution is -2.50. The summed E-state index contributed by atoms with van der Waals surface area (Å²) in [5.74, 6) is -2.02. The van der Waals surface area contributed by atoms with Crippen molar-refractivity contribution in [1.82, 2.24) is 15.4 Å². The fourth-order valence-corrected chi connectivity index (χ4v) is 9.81. The van der Waals surface area contributed by atoms with Crippen molar-refractivity contribution in [1.29, 1.82) is 0 Å². The van der Waals surface area contributed by atoms with Gasteiger partial charge in [0.25, 0.3) is 10.0 Å². The number of amides is 4. The number of hydrogen-bond donors (Lipinski definition) is 6. The Morgan fingerprint density at radius 2 is 1.65 bits per heavy atom. The van der Waals surface area contributed by atoms with E-state index in [4.69, 9.17) is 24.7 Å². The number of carbonyl (C=O) groups excluding carboxylic acids is 6. The van der Waals surface area contributed by atoms with Gasteiger partial charge in [0.1, 0.15) is 29.7 Å². The Morgan fingerprint density at radius 3 is 2.36 bits per heavy atom. The zero-order chi connectivity index (χ0) is 52.4. The number of nitrogens with one attached hydrogen (secondary N) is 4. The molecule has 4 amide bonds. The van der Waals surface area contributed by atoms with Gasteiger partial charge in [-0.3, -0.25) is 28.8 Å². The van der Waals surface area contributed by atoms with E-state index in [1.165, 1.54) is 31.2 Å².